The number of carbonyl (C=O) groups is 2. The summed E-state index contributed by atoms with van der Waals surface area (Å²) in [6, 6.07) is 10.4. The molecule has 0 atom stereocenters. The molecule has 0 heterocycles. The zero-order valence-corrected chi connectivity index (χ0v) is 14.4. The van der Waals surface area contributed by atoms with E-state index in [-0.39, 0.29) is 11.8 Å². The third kappa shape index (κ3) is 3.87. The lowest BCUT2D eigenvalue weighted by Crippen LogP contribution is -2.14. The molecule has 22 heavy (non-hydrogen) atoms. The van der Waals surface area contributed by atoms with E-state index in [1.54, 1.807) is 36.4 Å². The van der Waals surface area contributed by atoms with Gasteiger partial charge in [0.1, 0.15) is 0 Å². The Kier molecular flexibility index (Phi) is 5.21. The summed E-state index contributed by atoms with van der Waals surface area (Å²) in [5.41, 5.74) is 2.43. The Labute approximate surface area is 142 Å². The average molecular weight is 382 g/mol. The molecule has 2 aromatic rings. The molecule has 4 nitrogen and oxygen atoms in total. The molecule has 114 valence electrons. The molecule has 2 rings (SSSR count). The number of rotatable bonds is 3. The molecule has 0 aliphatic rings. The van der Waals surface area contributed by atoms with Crippen LogP contribution >= 0.6 is 27.5 Å². The van der Waals surface area contributed by atoms with E-state index in [9.17, 15) is 9.59 Å². The highest BCUT2D eigenvalue weighted by Crippen LogP contribution is 2.26. The van der Waals surface area contributed by atoms with Crippen molar-refractivity contribution in [1.29, 1.82) is 0 Å². The number of amides is 2. The van der Waals surface area contributed by atoms with Gasteiger partial charge in [-0.25, -0.2) is 0 Å². The van der Waals surface area contributed by atoms with Crippen LogP contribution in [-0.4, -0.2) is 11.8 Å². The van der Waals surface area contributed by atoms with E-state index in [1.165, 1.54) is 6.92 Å². The van der Waals surface area contributed by atoms with Crippen molar-refractivity contribution in [2.24, 2.45) is 0 Å². The Hall–Kier alpha value is -1.85. The monoisotopic (exact) mass is 380 g/mol. The van der Waals surface area contributed by atoms with E-state index in [0.29, 0.717) is 22.0 Å². The Morgan fingerprint density at radius 3 is 2.36 bits per heavy atom. The number of hydrogen-bond acceptors (Lipinski definition) is 2. The van der Waals surface area contributed by atoms with Crippen LogP contribution in [0.4, 0.5) is 11.4 Å². The molecule has 2 amide bonds. The fourth-order valence-corrected chi connectivity index (χ4v) is 2.52. The summed E-state index contributed by atoms with van der Waals surface area (Å²) < 4.78 is 0.769. The van der Waals surface area contributed by atoms with E-state index in [2.05, 4.69) is 26.6 Å². The summed E-state index contributed by atoms with van der Waals surface area (Å²) in [5, 5.41) is 5.91. The first-order valence-corrected chi connectivity index (χ1v) is 7.69. The molecule has 0 aromatic heterocycles. The topological polar surface area (TPSA) is 58.2 Å². The summed E-state index contributed by atoms with van der Waals surface area (Å²) in [4.78, 5) is 23.6. The highest BCUT2D eigenvalue weighted by Gasteiger charge is 2.13. The van der Waals surface area contributed by atoms with Gasteiger partial charge in [0.25, 0.3) is 5.91 Å². The number of halogens is 2. The molecule has 0 bridgehead atoms. The fraction of sp³-hybridized carbons (Fsp3) is 0.125. The Bertz CT molecular complexity index is 747. The maximum atomic E-state index is 12.4. The zero-order valence-electron chi connectivity index (χ0n) is 12.0. The molecule has 0 spiro atoms. The van der Waals surface area contributed by atoms with Crippen LogP contribution in [0.5, 0.6) is 0 Å². The second-order valence-electron chi connectivity index (χ2n) is 4.74. The molecular weight excluding hydrogens is 368 g/mol. The maximum absolute atomic E-state index is 12.4. The molecule has 0 saturated carbocycles. The van der Waals surface area contributed by atoms with E-state index >= 15 is 0 Å². The first-order chi connectivity index (χ1) is 10.4. The Morgan fingerprint density at radius 2 is 1.73 bits per heavy atom. The van der Waals surface area contributed by atoms with Crippen molar-refractivity contribution >= 4 is 50.7 Å². The smallest absolute Gasteiger partial charge is 0.257 e. The molecule has 0 fully saturated rings. The highest BCUT2D eigenvalue weighted by molar-refractivity contribution is 9.10. The van der Waals surface area contributed by atoms with Crippen molar-refractivity contribution in [1.82, 2.24) is 0 Å². The van der Waals surface area contributed by atoms with Gasteiger partial charge in [0.05, 0.1) is 10.6 Å². The lowest BCUT2D eigenvalue weighted by atomic mass is 10.1. The number of hydrogen-bond donors (Lipinski definition) is 2. The molecule has 0 saturated heterocycles. The van der Waals surface area contributed by atoms with Crippen LogP contribution in [-0.2, 0) is 4.79 Å². The minimum absolute atomic E-state index is 0.165. The lowest BCUT2D eigenvalue weighted by Gasteiger charge is -2.13. The first kappa shape index (κ1) is 16.5. The van der Waals surface area contributed by atoms with E-state index in [1.807, 2.05) is 6.92 Å². The van der Waals surface area contributed by atoms with Gasteiger partial charge in [-0.3, -0.25) is 9.59 Å². The number of nitrogens with one attached hydrogen (secondary N) is 2. The van der Waals surface area contributed by atoms with Crippen molar-refractivity contribution in [3.63, 3.8) is 0 Å². The molecular formula is C16H14BrClN2O2. The van der Waals surface area contributed by atoms with Gasteiger partial charge < -0.3 is 10.6 Å². The van der Waals surface area contributed by atoms with E-state index in [0.717, 1.165) is 10.0 Å². The highest BCUT2D eigenvalue weighted by atomic mass is 79.9. The van der Waals surface area contributed by atoms with Crippen LogP contribution in [0.1, 0.15) is 22.8 Å². The molecule has 2 aromatic carbocycles. The van der Waals surface area contributed by atoms with Gasteiger partial charge >= 0.3 is 0 Å². The van der Waals surface area contributed by atoms with Gasteiger partial charge in [-0.2, -0.15) is 0 Å². The van der Waals surface area contributed by atoms with E-state index in [4.69, 9.17) is 11.6 Å². The van der Waals surface area contributed by atoms with Crippen molar-refractivity contribution in [3.8, 4) is 0 Å². The normalized spacial score (nSPS) is 10.2. The molecule has 0 aliphatic heterocycles. The van der Waals surface area contributed by atoms with Crippen molar-refractivity contribution in [2.45, 2.75) is 13.8 Å². The van der Waals surface area contributed by atoms with Crippen LogP contribution in [0.15, 0.2) is 40.9 Å². The van der Waals surface area contributed by atoms with Crippen molar-refractivity contribution in [3.05, 3.63) is 57.0 Å². The van der Waals surface area contributed by atoms with Crippen LogP contribution in [0.25, 0.3) is 0 Å². The number of anilines is 2. The number of carbonyl (C=O) groups excluding carboxylic acids is 2. The fourth-order valence-electron chi connectivity index (χ4n) is 1.96. The largest absolute Gasteiger partial charge is 0.326 e. The molecule has 0 aliphatic carbocycles. The van der Waals surface area contributed by atoms with Crippen LogP contribution in [0, 0.1) is 6.92 Å². The third-order valence-corrected chi connectivity index (χ3v) is 3.89. The lowest BCUT2D eigenvalue weighted by molar-refractivity contribution is -0.114. The van der Waals surface area contributed by atoms with Gasteiger partial charge in [-0.1, -0.05) is 33.6 Å². The van der Waals surface area contributed by atoms with Gasteiger partial charge in [0, 0.05) is 22.8 Å². The third-order valence-electron chi connectivity index (χ3n) is 3.07. The predicted molar refractivity (Wildman–Crippen MR) is 92.6 cm³/mol. The van der Waals surface area contributed by atoms with Crippen LogP contribution < -0.4 is 10.6 Å². The van der Waals surface area contributed by atoms with Crippen molar-refractivity contribution in [2.75, 3.05) is 10.6 Å². The second kappa shape index (κ2) is 6.94. The molecule has 0 unspecified atom stereocenters. The van der Waals surface area contributed by atoms with Crippen LogP contribution in [0.2, 0.25) is 5.02 Å². The summed E-state index contributed by atoms with van der Waals surface area (Å²) in [6.45, 7) is 3.26. The zero-order chi connectivity index (χ0) is 16.3. The molecule has 0 radical (unpaired) electrons. The summed E-state index contributed by atoms with van der Waals surface area (Å²) in [7, 11) is 0. The quantitative estimate of drug-likeness (QED) is 0.815. The van der Waals surface area contributed by atoms with Gasteiger partial charge in [0.2, 0.25) is 5.91 Å². The van der Waals surface area contributed by atoms with Crippen molar-refractivity contribution < 1.29 is 9.59 Å². The van der Waals surface area contributed by atoms with E-state index < -0.39 is 0 Å². The summed E-state index contributed by atoms with van der Waals surface area (Å²) in [5.74, 6) is -0.476. The Balaban J connectivity index is 2.29. The predicted octanol–water partition coefficient (Wildman–Crippen LogP) is 4.62. The molecule has 2 N–H and O–H groups in total. The van der Waals surface area contributed by atoms with Gasteiger partial charge in [0.15, 0.2) is 0 Å². The summed E-state index contributed by atoms with van der Waals surface area (Å²) >= 11 is 9.38. The average Bonchev–Trinajstić information content (AvgIpc) is 2.45. The minimum atomic E-state index is -0.311. The SMILES string of the molecule is CC(=O)Nc1cccc(NC(=O)c2cc(Br)ccc2Cl)c1C. The second-order valence-corrected chi connectivity index (χ2v) is 6.06. The summed E-state index contributed by atoms with van der Waals surface area (Å²) in [6.07, 6.45) is 0. The van der Waals surface area contributed by atoms with Gasteiger partial charge in [-0.05, 0) is 42.8 Å². The van der Waals surface area contributed by atoms with Gasteiger partial charge in [-0.15, -0.1) is 0 Å². The number of benzene rings is 2. The Morgan fingerprint density at radius 1 is 1.09 bits per heavy atom. The molecule has 6 heteroatoms. The van der Waals surface area contributed by atoms with Crippen LogP contribution in [0.3, 0.4) is 0 Å². The maximum Gasteiger partial charge on any atom is 0.257 e. The standard InChI is InChI=1S/C16H14BrClN2O2/c1-9-14(19-10(2)21)4-3-5-15(9)20-16(22)12-8-11(17)6-7-13(12)18/h3-8H,1-2H3,(H,19,21)(H,20,22). The first-order valence-electron chi connectivity index (χ1n) is 6.52. The minimum Gasteiger partial charge on any atom is -0.326 e.